The predicted molar refractivity (Wildman–Crippen MR) is 48.2 cm³/mol. The monoisotopic (exact) mass is 260 g/mol. The molecular formula is C7H5IN2O. The number of nitriles is 1. The number of hydrogen-bond donors (Lipinski definition) is 0. The molecule has 11 heavy (non-hydrogen) atoms. The molecule has 3 nitrogen and oxygen atoms in total. The summed E-state index contributed by atoms with van der Waals surface area (Å²) < 4.78 is 5.73. The highest BCUT2D eigenvalue weighted by Crippen LogP contribution is 2.15. The molecule has 0 saturated heterocycles. The van der Waals surface area contributed by atoms with Crippen molar-refractivity contribution in [2.45, 2.75) is 0 Å². The van der Waals surface area contributed by atoms with Gasteiger partial charge in [0.05, 0.1) is 12.7 Å². The van der Waals surface area contributed by atoms with E-state index < -0.39 is 0 Å². The molecular weight excluding hydrogens is 255 g/mol. The summed E-state index contributed by atoms with van der Waals surface area (Å²) in [5.74, 6) is 0.536. The number of aromatic nitrogens is 1. The lowest BCUT2D eigenvalue weighted by Crippen LogP contribution is -1.90. The summed E-state index contributed by atoms with van der Waals surface area (Å²) in [7, 11) is 1.55. The minimum Gasteiger partial charge on any atom is -0.481 e. The Morgan fingerprint density at radius 1 is 1.73 bits per heavy atom. The Morgan fingerprint density at radius 3 is 2.91 bits per heavy atom. The Labute approximate surface area is 78.1 Å². The summed E-state index contributed by atoms with van der Waals surface area (Å²) in [5, 5.41) is 8.55. The van der Waals surface area contributed by atoms with Crippen molar-refractivity contribution in [3.8, 4) is 11.9 Å². The quantitative estimate of drug-likeness (QED) is 0.720. The number of nitrogens with zero attached hydrogens (tertiary/aromatic N) is 2. The van der Waals surface area contributed by atoms with Crippen molar-refractivity contribution >= 4 is 22.6 Å². The summed E-state index contributed by atoms with van der Waals surface area (Å²) in [6.45, 7) is 0. The summed E-state index contributed by atoms with van der Waals surface area (Å²) in [6.07, 6.45) is 1.50. The van der Waals surface area contributed by atoms with E-state index in [1.54, 1.807) is 13.2 Å². The number of halogens is 1. The van der Waals surface area contributed by atoms with Crippen LogP contribution in [0.5, 0.6) is 5.88 Å². The minimum absolute atomic E-state index is 0.536. The van der Waals surface area contributed by atoms with Crippen molar-refractivity contribution in [2.24, 2.45) is 0 Å². The average molecular weight is 260 g/mol. The Bertz CT molecular complexity index is 306. The third kappa shape index (κ3) is 1.80. The zero-order valence-electron chi connectivity index (χ0n) is 5.84. The minimum atomic E-state index is 0.536. The molecule has 56 valence electrons. The second kappa shape index (κ2) is 3.53. The molecule has 0 aliphatic heterocycles. The topological polar surface area (TPSA) is 45.9 Å². The first-order chi connectivity index (χ1) is 5.27. The van der Waals surface area contributed by atoms with E-state index >= 15 is 0 Å². The molecule has 0 N–H and O–H groups in total. The number of rotatable bonds is 1. The zero-order chi connectivity index (χ0) is 8.27. The summed E-state index contributed by atoms with van der Waals surface area (Å²) in [6, 6.07) is 3.74. The van der Waals surface area contributed by atoms with Gasteiger partial charge in [-0.15, -0.1) is 0 Å². The van der Waals surface area contributed by atoms with Crippen LogP contribution in [0.25, 0.3) is 0 Å². The van der Waals surface area contributed by atoms with Crippen LogP contribution in [0.15, 0.2) is 12.3 Å². The highest BCUT2D eigenvalue weighted by molar-refractivity contribution is 14.1. The summed E-state index contributed by atoms with van der Waals surface area (Å²) >= 11 is 2.07. The van der Waals surface area contributed by atoms with Crippen LogP contribution >= 0.6 is 22.6 Å². The second-order valence-electron chi connectivity index (χ2n) is 1.82. The van der Waals surface area contributed by atoms with Crippen molar-refractivity contribution in [1.29, 1.82) is 5.26 Å². The van der Waals surface area contributed by atoms with E-state index in [1.807, 2.05) is 6.07 Å². The van der Waals surface area contributed by atoms with Gasteiger partial charge in [-0.3, -0.25) is 0 Å². The Morgan fingerprint density at radius 2 is 2.45 bits per heavy atom. The highest BCUT2D eigenvalue weighted by Gasteiger charge is 2.00. The molecule has 0 atom stereocenters. The van der Waals surface area contributed by atoms with Crippen molar-refractivity contribution in [1.82, 2.24) is 4.98 Å². The van der Waals surface area contributed by atoms with Crippen LogP contribution in [0.1, 0.15) is 5.56 Å². The van der Waals surface area contributed by atoms with Gasteiger partial charge in [-0.2, -0.15) is 5.26 Å². The molecule has 1 rings (SSSR count). The summed E-state index contributed by atoms with van der Waals surface area (Å²) in [4.78, 5) is 3.88. The SMILES string of the molecule is COc1cc(I)c(C#N)cn1. The first-order valence-corrected chi connectivity index (χ1v) is 3.95. The van der Waals surface area contributed by atoms with E-state index in [2.05, 4.69) is 27.6 Å². The third-order valence-electron chi connectivity index (χ3n) is 1.16. The van der Waals surface area contributed by atoms with Gasteiger partial charge in [0.2, 0.25) is 5.88 Å². The average Bonchev–Trinajstić information content (AvgIpc) is 2.04. The molecule has 0 aliphatic carbocycles. The van der Waals surface area contributed by atoms with Gasteiger partial charge in [-0.1, -0.05) is 0 Å². The molecule has 0 radical (unpaired) electrons. The van der Waals surface area contributed by atoms with Crippen LogP contribution in [-0.2, 0) is 0 Å². The molecule has 0 aliphatic rings. The van der Waals surface area contributed by atoms with Crippen LogP contribution in [-0.4, -0.2) is 12.1 Å². The van der Waals surface area contributed by atoms with Gasteiger partial charge in [0.15, 0.2) is 0 Å². The van der Waals surface area contributed by atoms with Gasteiger partial charge in [0.25, 0.3) is 0 Å². The molecule has 0 aromatic carbocycles. The highest BCUT2D eigenvalue weighted by atomic mass is 127. The molecule has 1 heterocycles. The van der Waals surface area contributed by atoms with Gasteiger partial charge in [-0.25, -0.2) is 4.98 Å². The van der Waals surface area contributed by atoms with Crippen LogP contribution in [0.3, 0.4) is 0 Å². The zero-order valence-corrected chi connectivity index (χ0v) is 7.99. The molecule has 0 fully saturated rings. The van der Waals surface area contributed by atoms with E-state index in [1.165, 1.54) is 6.20 Å². The standard InChI is InChI=1S/C7H5IN2O/c1-11-7-2-6(8)5(3-9)4-10-7/h2,4H,1H3. The van der Waals surface area contributed by atoms with Crippen molar-refractivity contribution < 1.29 is 4.74 Å². The van der Waals surface area contributed by atoms with Gasteiger partial charge < -0.3 is 4.74 Å². The lowest BCUT2D eigenvalue weighted by molar-refractivity contribution is 0.397. The lowest BCUT2D eigenvalue weighted by atomic mass is 10.3. The number of hydrogen-bond acceptors (Lipinski definition) is 3. The Balaban J connectivity index is 3.12. The molecule has 0 bridgehead atoms. The van der Waals surface area contributed by atoms with Crippen LogP contribution in [0.2, 0.25) is 0 Å². The fourth-order valence-corrected chi connectivity index (χ4v) is 1.13. The fourth-order valence-electron chi connectivity index (χ4n) is 0.607. The van der Waals surface area contributed by atoms with E-state index in [-0.39, 0.29) is 0 Å². The molecule has 0 spiro atoms. The molecule has 1 aromatic rings. The predicted octanol–water partition coefficient (Wildman–Crippen LogP) is 1.57. The summed E-state index contributed by atoms with van der Waals surface area (Å²) in [5.41, 5.74) is 0.575. The smallest absolute Gasteiger partial charge is 0.214 e. The van der Waals surface area contributed by atoms with Gasteiger partial charge >= 0.3 is 0 Å². The number of pyridine rings is 1. The lowest BCUT2D eigenvalue weighted by Gasteiger charge is -1.98. The first kappa shape index (κ1) is 8.27. The van der Waals surface area contributed by atoms with E-state index in [0.29, 0.717) is 11.4 Å². The number of methoxy groups -OCH3 is 1. The molecule has 0 amide bonds. The maximum atomic E-state index is 8.55. The molecule has 4 heteroatoms. The number of ether oxygens (including phenoxy) is 1. The Hall–Kier alpha value is -0.830. The molecule has 1 aromatic heterocycles. The maximum absolute atomic E-state index is 8.55. The van der Waals surface area contributed by atoms with Crippen molar-refractivity contribution in [3.05, 3.63) is 21.4 Å². The Kier molecular flexibility index (Phi) is 2.65. The normalized spacial score (nSPS) is 8.82. The maximum Gasteiger partial charge on any atom is 0.214 e. The molecule has 0 saturated carbocycles. The van der Waals surface area contributed by atoms with Crippen molar-refractivity contribution in [2.75, 3.05) is 7.11 Å². The van der Waals surface area contributed by atoms with Crippen molar-refractivity contribution in [3.63, 3.8) is 0 Å². The van der Waals surface area contributed by atoms with Crippen LogP contribution in [0, 0.1) is 14.9 Å². The van der Waals surface area contributed by atoms with E-state index in [9.17, 15) is 0 Å². The second-order valence-corrected chi connectivity index (χ2v) is 2.98. The van der Waals surface area contributed by atoms with E-state index in [4.69, 9.17) is 10.00 Å². The third-order valence-corrected chi connectivity index (χ3v) is 2.05. The fraction of sp³-hybridized carbons (Fsp3) is 0.143. The first-order valence-electron chi connectivity index (χ1n) is 2.87. The van der Waals surface area contributed by atoms with Crippen LogP contribution in [0.4, 0.5) is 0 Å². The van der Waals surface area contributed by atoms with E-state index in [0.717, 1.165) is 3.57 Å². The van der Waals surface area contributed by atoms with Gasteiger partial charge in [0.1, 0.15) is 6.07 Å². The van der Waals surface area contributed by atoms with Gasteiger partial charge in [-0.05, 0) is 22.6 Å². The van der Waals surface area contributed by atoms with Crippen LogP contribution < -0.4 is 4.74 Å². The van der Waals surface area contributed by atoms with Gasteiger partial charge in [0, 0.05) is 15.8 Å². The largest absolute Gasteiger partial charge is 0.481 e. The molecule has 0 unspecified atom stereocenters.